The van der Waals surface area contributed by atoms with Gasteiger partial charge in [0.2, 0.25) is 29.5 Å². The van der Waals surface area contributed by atoms with Gasteiger partial charge in [0.25, 0.3) is 0 Å². The van der Waals surface area contributed by atoms with E-state index in [-0.39, 0.29) is 31.8 Å². The fraction of sp³-hybridized carbons (Fsp3) is 0.611. The third kappa shape index (κ3) is 13.3. The molecule has 4 atom stereocenters. The molecule has 0 fully saturated rings. The van der Waals surface area contributed by atoms with Gasteiger partial charge >= 0.3 is 5.97 Å². The van der Waals surface area contributed by atoms with Crippen molar-refractivity contribution >= 4 is 41.5 Å². The van der Waals surface area contributed by atoms with Crippen LogP contribution in [0.5, 0.6) is 0 Å². The third-order valence-electron chi connectivity index (χ3n) is 4.45. The number of carboxylic acid groups (broad SMARTS) is 1. The Morgan fingerprint density at radius 1 is 0.771 bits per heavy atom. The van der Waals surface area contributed by atoms with E-state index in [2.05, 4.69) is 15.6 Å². The lowest BCUT2D eigenvalue weighted by atomic mass is 10.1. The van der Waals surface area contributed by atoms with Crippen LogP contribution in [0.1, 0.15) is 32.1 Å². The number of carboxylic acids is 1. The molecule has 0 radical (unpaired) electrons. The summed E-state index contributed by atoms with van der Waals surface area (Å²) in [7, 11) is 0. The van der Waals surface area contributed by atoms with Crippen molar-refractivity contribution in [2.24, 2.45) is 33.7 Å². The highest BCUT2D eigenvalue weighted by Crippen LogP contribution is 2.03. The number of nitrogens with one attached hydrogen (secondary N) is 3. The molecule has 0 aromatic heterocycles. The van der Waals surface area contributed by atoms with Crippen LogP contribution in [0.25, 0.3) is 0 Å². The number of hydrogen-bond acceptors (Lipinski definition) is 9. The van der Waals surface area contributed by atoms with Crippen molar-refractivity contribution in [3.63, 3.8) is 0 Å². The second-order valence-corrected chi connectivity index (χ2v) is 7.44. The molecule has 0 saturated carbocycles. The van der Waals surface area contributed by atoms with Gasteiger partial charge in [-0.15, -0.1) is 0 Å². The molecule has 5 amide bonds. The maximum Gasteiger partial charge on any atom is 0.326 e. The average Bonchev–Trinajstić information content (AvgIpc) is 2.75. The molecule has 0 aliphatic rings. The van der Waals surface area contributed by atoms with Crippen LogP contribution in [-0.4, -0.2) is 89.0 Å². The van der Waals surface area contributed by atoms with Gasteiger partial charge < -0.3 is 54.8 Å². The maximum absolute atomic E-state index is 12.7. The number of amides is 5. The van der Waals surface area contributed by atoms with Crippen LogP contribution in [0.3, 0.4) is 0 Å². The minimum absolute atomic E-state index is 0.127. The van der Waals surface area contributed by atoms with E-state index in [1.165, 1.54) is 0 Å². The number of carbonyl (C=O) groups excluding carboxylic acids is 5. The van der Waals surface area contributed by atoms with Crippen molar-refractivity contribution in [2.75, 3.05) is 13.2 Å². The number of aliphatic hydroxyl groups is 1. The van der Waals surface area contributed by atoms with Gasteiger partial charge in [-0.1, -0.05) is 0 Å². The number of guanidine groups is 1. The molecule has 0 spiro atoms. The topological polar surface area (TPSA) is 321 Å². The number of aliphatic hydroxyl groups excluding tert-OH is 1. The smallest absolute Gasteiger partial charge is 0.326 e. The first kappa shape index (κ1) is 31.0. The largest absolute Gasteiger partial charge is 0.480 e. The fourth-order valence-corrected chi connectivity index (χ4v) is 2.62. The standard InChI is InChI=1S/C18H33N9O8/c19-8(2-1-5-24-18(22)23)14(31)25-9(3-4-12(20)29)15(32)27-11(7-28)16(33)26-10(17(34)35)6-13(21)30/h8-11,28H,1-7,19H2,(H2,20,29)(H2,21,30)(H,25,31)(H,26,33)(H,27,32)(H,34,35)(H4,22,23,24). The number of hydrogen-bond donors (Lipinski definition) is 10. The molecule has 0 aromatic rings. The van der Waals surface area contributed by atoms with Gasteiger partial charge in [0, 0.05) is 13.0 Å². The zero-order valence-corrected chi connectivity index (χ0v) is 18.9. The van der Waals surface area contributed by atoms with E-state index >= 15 is 0 Å². The number of primary amides is 2. The number of nitrogens with two attached hydrogens (primary N) is 5. The van der Waals surface area contributed by atoms with Gasteiger partial charge in [-0.25, -0.2) is 4.79 Å². The van der Waals surface area contributed by atoms with Crippen molar-refractivity contribution in [3.05, 3.63) is 0 Å². The normalized spacial score (nSPS) is 13.9. The second kappa shape index (κ2) is 15.8. The molecular weight excluding hydrogens is 470 g/mol. The van der Waals surface area contributed by atoms with E-state index < -0.39 is 72.7 Å². The first-order chi connectivity index (χ1) is 16.3. The first-order valence-corrected chi connectivity index (χ1v) is 10.4. The summed E-state index contributed by atoms with van der Waals surface area (Å²) in [6.45, 7) is -0.740. The molecule has 0 aromatic carbocycles. The van der Waals surface area contributed by atoms with Crippen LogP contribution >= 0.6 is 0 Å². The molecule has 0 aliphatic heterocycles. The Bertz CT molecular complexity index is 816. The molecule has 0 bridgehead atoms. The molecule has 17 heteroatoms. The first-order valence-electron chi connectivity index (χ1n) is 10.4. The van der Waals surface area contributed by atoms with E-state index in [4.69, 9.17) is 33.8 Å². The number of nitrogens with zero attached hydrogens (tertiary/aromatic N) is 1. The summed E-state index contributed by atoms with van der Waals surface area (Å²) >= 11 is 0. The van der Waals surface area contributed by atoms with Gasteiger partial charge in [0.15, 0.2) is 5.96 Å². The zero-order valence-electron chi connectivity index (χ0n) is 18.9. The van der Waals surface area contributed by atoms with Gasteiger partial charge in [-0.2, -0.15) is 0 Å². The molecule has 0 heterocycles. The Labute approximate surface area is 200 Å². The highest BCUT2D eigenvalue weighted by molar-refractivity contribution is 5.95. The average molecular weight is 504 g/mol. The predicted molar refractivity (Wildman–Crippen MR) is 121 cm³/mol. The van der Waals surface area contributed by atoms with Gasteiger partial charge in [0.1, 0.15) is 18.1 Å². The van der Waals surface area contributed by atoms with Crippen LogP contribution in [0.4, 0.5) is 0 Å². The summed E-state index contributed by atoms with van der Waals surface area (Å²) in [4.78, 5) is 74.4. The third-order valence-corrected chi connectivity index (χ3v) is 4.45. The van der Waals surface area contributed by atoms with Crippen molar-refractivity contribution in [3.8, 4) is 0 Å². The van der Waals surface area contributed by atoms with E-state index in [1.807, 2.05) is 5.32 Å². The quantitative estimate of drug-likeness (QED) is 0.0505. The predicted octanol–water partition coefficient (Wildman–Crippen LogP) is -5.96. The van der Waals surface area contributed by atoms with Crippen LogP contribution < -0.4 is 44.6 Å². The van der Waals surface area contributed by atoms with Crippen LogP contribution in [0, 0.1) is 0 Å². The second-order valence-electron chi connectivity index (χ2n) is 7.44. The summed E-state index contributed by atoms with van der Waals surface area (Å²) in [5.74, 6) is -6.35. The van der Waals surface area contributed by atoms with Crippen LogP contribution in [0.2, 0.25) is 0 Å². The number of rotatable bonds is 17. The highest BCUT2D eigenvalue weighted by Gasteiger charge is 2.30. The minimum Gasteiger partial charge on any atom is -0.480 e. The van der Waals surface area contributed by atoms with Gasteiger partial charge in [-0.3, -0.25) is 29.0 Å². The Kier molecular flexibility index (Phi) is 14.0. The van der Waals surface area contributed by atoms with Crippen molar-refractivity contribution in [2.45, 2.75) is 56.3 Å². The summed E-state index contributed by atoms with van der Waals surface area (Å²) in [6, 6.07) is -5.79. The number of aliphatic carboxylic acids is 1. The Morgan fingerprint density at radius 3 is 1.80 bits per heavy atom. The van der Waals surface area contributed by atoms with Crippen molar-refractivity contribution < 1.29 is 39.0 Å². The molecule has 0 aliphatic carbocycles. The summed E-state index contributed by atoms with van der Waals surface area (Å²) in [6.07, 6.45) is -0.787. The molecule has 15 N–H and O–H groups in total. The Balaban J connectivity index is 5.25. The lowest BCUT2D eigenvalue weighted by molar-refractivity contribution is -0.144. The summed E-state index contributed by atoms with van der Waals surface area (Å²) < 4.78 is 0. The van der Waals surface area contributed by atoms with Crippen LogP contribution in [0.15, 0.2) is 4.99 Å². The molecule has 0 saturated heterocycles. The lowest BCUT2D eigenvalue weighted by Gasteiger charge is -2.24. The van der Waals surface area contributed by atoms with Gasteiger partial charge in [0.05, 0.1) is 19.1 Å². The van der Waals surface area contributed by atoms with E-state index in [0.717, 1.165) is 0 Å². The Morgan fingerprint density at radius 2 is 1.31 bits per heavy atom. The molecule has 17 nitrogen and oxygen atoms in total. The summed E-state index contributed by atoms with van der Waals surface area (Å²) in [5.41, 5.74) is 26.2. The molecule has 198 valence electrons. The van der Waals surface area contributed by atoms with Crippen molar-refractivity contribution in [1.82, 2.24) is 16.0 Å². The zero-order chi connectivity index (χ0) is 27.1. The van der Waals surface area contributed by atoms with E-state index in [0.29, 0.717) is 6.42 Å². The maximum atomic E-state index is 12.7. The Hall–Kier alpha value is -3.99. The monoisotopic (exact) mass is 503 g/mol. The summed E-state index contributed by atoms with van der Waals surface area (Å²) in [5, 5.41) is 25.0. The van der Waals surface area contributed by atoms with E-state index in [1.54, 1.807) is 0 Å². The highest BCUT2D eigenvalue weighted by atomic mass is 16.4. The van der Waals surface area contributed by atoms with Gasteiger partial charge in [-0.05, 0) is 19.3 Å². The SMILES string of the molecule is NC(=O)CCC(NC(=O)C(N)CCCN=C(N)N)C(=O)NC(CO)C(=O)NC(CC(N)=O)C(=O)O. The molecule has 4 unspecified atom stereocenters. The van der Waals surface area contributed by atoms with E-state index in [9.17, 15) is 33.9 Å². The molecule has 0 rings (SSSR count). The molecular formula is C18H33N9O8. The van der Waals surface area contributed by atoms with Crippen molar-refractivity contribution in [1.29, 1.82) is 0 Å². The minimum atomic E-state index is -1.70. The lowest BCUT2D eigenvalue weighted by Crippen LogP contribution is -2.58. The fourth-order valence-electron chi connectivity index (χ4n) is 2.62. The number of aliphatic imine (C=N–C) groups is 1. The molecule has 35 heavy (non-hydrogen) atoms. The van der Waals surface area contributed by atoms with Crippen LogP contribution in [-0.2, 0) is 28.8 Å². The number of carbonyl (C=O) groups is 6.